The highest BCUT2D eigenvalue weighted by atomic mass is 79.9. The maximum Gasteiger partial charge on any atom is 0.170 e. The average molecular weight is 424 g/mol. The molecule has 0 aromatic heterocycles. The van der Waals surface area contributed by atoms with Crippen LogP contribution in [0.5, 0.6) is 5.75 Å². The van der Waals surface area contributed by atoms with Gasteiger partial charge in [-0.1, -0.05) is 26.8 Å². The second-order valence-corrected chi connectivity index (χ2v) is 10.9. The Hall–Kier alpha value is -0.870. The number of Topliss-reactive ketones (excluding diaryl/α,β-unsaturated/α-hetero) is 1. The van der Waals surface area contributed by atoms with Crippen LogP contribution in [0.3, 0.4) is 0 Å². The van der Waals surface area contributed by atoms with Crippen molar-refractivity contribution in [2.24, 2.45) is 5.92 Å². The molecular weight excluding hydrogens is 390 g/mol. The van der Waals surface area contributed by atoms with E-state index in [9.17, 15) is 4.79 Å². The van der Waals surface area contributed by atoms with Crippen molar-refractivity contribution < 1.29 is 9.53 Å². The Labute approximate surface area is 167 Å². The Kier molecular flexibility index (Phi) is 6.29. The predicted molar refractivity (Wildman–Crippen MR) is 112 cm³/mol. The molecule has 0 radical (unpaired) electrons. The quantitative estimate of drug-likeness (QED) is 0.665. The average Bonchev–Trinajstić information content (AvgIpc) is 2.41. The van der Waals surface area contributed by atoms with Gasteiger partial charge in [-0.05, 0) is 85.5 Å². The second-order valence-electron chi connectivity index (χ2n) is 10.1. The minimum absolute atomic E-state index is 0.0688. The van der Waals surface area contributed by atoms with E-state index in [1.165, 1.54) is 5.56 Å². The summed E-state index contributed by atoms with van der Waals surface area (Å²) in [5.74, 6) is 1.32. The molecule has 1 aromatic carbocycles. The molecule has 1 aromatic rings. The molecule has 0 spiro atoms. The van der Waals surface area contributed by atoms with Crippen molar-refractivity contribution in [1.82, 2.24) is 5.32 Å². The van der Waals surface area contributed by atoms with Crippen molar-refractivity contribution in [2.45, 2.75) is 84.2 Å². The first-order valence-electron chi connectivity index (χ1n) is 9.51. The summed E-state index contributed by atoms with van der Waals surface area (Å²) in [6, 6.07) is 6.11. The number of rotatable bonds is 5. The maximum atomic E-state index is 12.5. The zero-order valence-electron chi connectivity index (χ0n) is 17.3. The number of piperidine rings is 1. The molecule has 0 unspecified atom stereocenters. The topological polar surface area (TPSA) is 38.3 Å². The first-order valence-corrected chi connectivity index (χ1v) is 10.3. The van der Waals surface area contributed by atoms with Crippen molar-refractivity contribution in [2.75, 3.05) is 6.61 Å². The third-order valence-electron chi connectivity index (χ3n) is 4.98. The number of hydrogen-bond donors (Lipinski definition) is 1. The van der Waals surface area contributed by atoms with Crippen molar-refractivity contribution >= 4 is 21.7 Å². The lowest BCUT2D eigenvalue weighted by molar-refractivity contribution is -0.122. The van der Waals surface area contributed by atoms with E-state index in [2.05, 4.69) is 81.8 Å². The molecule has 3 nitrogen and oxygen atoms in total. The van der Waals surface area contributed by atoms with Gasteiger partial charge in [0.2, 0.25) is 0 Å². The number of ether oxygens (including phenoxy) is 1. The van der Waals surface area contributed by atoms with Crippen LogP contribution in [0.25, 0.3) is 0 Å². The van der Waals surface area contributed by atoms with Crippen LogP contribution in [0.4, 0.5) is 0 Å². The normalized spacial score (nSPS) is 20.0. The summed E-state index contributed by atoms with van der Waals surface area (Å²) >= 11 is 3.57. The summed E-state index contributed by atoms with van der Waals surface area (Å²) in [6.07, 6.45) is 2.63. The Bertz CT molecular complexity index is 643. The van der Waals surface area contributed by atoms with E-state index in [0.717, 1.165) is 23.1 Å². The highest BCUT2D eigenvalue weighted by Crippen LogP contribution is 2.35. The smallest absolute Gasteiger partial charge is 0.170 e. The van der Waals surface area contributed by atoms with Gasteiger partial charge in [0.15, 0.2) is 5.78 Å². The van der Waals surface area contributed by atoms with Crippen LogP contribution in [0.2, 0.25) is 0 Å². The first kappa shape index (κ1) is 21.4. The van der Waals surface area contributed by atoms with Gasteiger partial charge in [-0.2, -0.15) is 0 Å². The number of hydrogen-bond acceptors (Lipinski definition) is 3. The Balaban J connectivity index is 1.93. The molecule has 2 rings (SSSR count). The van der Waals surface area contributed by atoms with Gasteiger partial charge in [-0.15, -0.1) is 0 Å². The molecule has 0 atom stereocenters. The zero-order valence-corrected chi connectivity index (χ0v) is 18.9. The molecule has 0 saturated carbocycles. The van der Waals surface area contributed by atoms with Gasteiger partial charge in [-0.3, -0.25) is 4.79 Å². The molecule has 0 amide bonds. The number of benzene rings is 1. The van der Waals surface area contributed by atoms with Gasteiger partial charge in [0.1, 0.15) is 12.4 Å². The van der Waals surface area contributed by atoms with E-state index in [-0.39, 0.29) is 28.9 Å². The summed E-state index contributed by atoms with van der Waals surface area (Å²) in [6.45, 7) is 15.6. The van der Waals surface area contributed by atoms with Crippen LogP contribution in [0.1, 0.15) is 73.3 Å². The summed E-state index contributed by atoms with van der Waals surface area (Å²) in [5.41, 5.74) is 1.46. The highest BCUT2D eigenvalue weighted by Gasteiger charge is 2.38. The van der Waals surface area contributed by atoms with E-state index in [1.54, 1.807) is 0 Å². The summed E-state index contributed by atoms with van der Waals surface area (Å²) in [7, 11) is 0. The summed E-state index contributed by atoms with van der Waals surface area (Å²) < 4.78 is 6.70. The summed E-state index contributed by atoms with van der Waals surface area (Å²) in [5, 5.41) is 3.67. The van der Waals surface area contributed by atoms with Gasteiger partial charge < -0.3 is 10.1 Å². The minimum Gasteiger partial charge on any atom is -0.485 e. The third kappa shape index (κ3) is 6.09. The zero-order chi connectivity index (χ0) is 19.8. The Morgan fingerprint density at radius 1 is 1.19 bits per heavy atom. The molecule has 1 saturated heterocycles. The van der Waals surface area contributed by atoms with Gasteiger partial charge in [0, 0.05) is 17.5 Å². The van der Waals surface area contributed by atoms with Gasteiger partial charge in [0.05, 0.1) is 4.47 Å². The highest BCUT2D eigenvalue weighted by molar-refractivity contribution is 9.10. The van der Waals surface area contributed by atoms with E-state index < -0.39 is 0 Å². The number of carbonyl (C=O) groups excluding carboxylic acids is 1. The van der Waals surface area contributed by atoms with Crippen molar-refractivity contribution in [1.29, 1.82) is 0 Å². The van der Waals surface area contributed by atoms with Crippen molar-refractivity contribution in [3.63, 3.8) is 0 Å². The number of carbonyl (C=O) groups is 1. The number of halogens is 1. The van der Waals surface area contributed by atoms with Crippen LogP contribution in [0, 0.1) is 5.92 Å². The molecular formula is C22H34BrNO2. The van der Waals surface area contributed by atoms with Gasteiger partial charge in [0.25, 0.3) is 0 Å². The van der Waals surface area contributed by atoms with Crippen LogP contribution in [-0.4, -0.2) is 23.5 Å². The number of nitrogens with one attached hydrogen (secondary N) is 1. The monoisotopic (exact) mass is 423 g/mol. The molecule has 26 heavy (non-hydrogen) atoms. The standard InChI is InChI=1S/C22H34BrNO2/c1-20(2,3)16-8-9-19(18(23)11-16)26-14-17(25)10-15-12-21(4,5)24-22(6,7)13-15/h8-9,11,15,24H,10,12-14H2,1-7H3. The molecule has 0 aliphatic carbocycles. The lowest BCUT2D eigenvalue weighted by atomic mass is 9.74. The Morgan fingerprint density at radius 2 is 1.77 bits per heavy atom. The van der Waals surface area contributed by atoms with E-state index in [0.29, 0.717) is 12.3 Å². The molecule has 1 aliphatic rings. The van der Waals surface area contributed by atoms with Crippen LogP contribution < -0.4 is 10.1 Å². The lowest BCUT2D eigenvalue weighted by Crippen LogP contribution is -2.58. The number of ketones is 1. The fraction of sp³-hybridized carbons (Fsp3) is 0.682. The first-order chi connectivity index (χ1) is 11.8. The maximum absolute atomic E-state index is 12.5. The molecule has 1 fully saturated rings. The van der Waals surface area contributed by atoms with E-state index >= 15 is 0 Å². The fourth-order valence-electron chi connectivity index (χ4n) is 4.30. The molecule has 4 heteroatoms. The molecule has 1 heterocycles. The molecule has 1 aliphatic heterocycles. The molecule has 1 N–H and O–H groups in total. The third-order valence-corrected chi connectivity index (χ3v) is 5.60. The van der Waals surface area contributed by atoms with Gasteiger partial charge in [-0.25, -0.2) is 0 Å². The van der Waals surface area contributed by atoms with Crippen LogP contribution >= 0.6 is 15.9 Å². The predicted octanol–water partition coefficient (Wildman–Crippen LogP) is 5.64. The summed E-state index contributed by atoms with van der Waals surface area (Å²) in [4.78, 5) is 12.5. The minimum atomic E-state index is 0.0688. The van der Waals surface area contributed by atoms with Crippen LogP contribution in [-0.2, 0) is 10.2 Å². The fourth-order valence-corrected chi connectivity index (χ4v) is 4.79. The Morgan fingerprint density at radius 3 is 2.27 bits per heavy atom. The van der Waals surface area contributed by atoms with E-state index in [1.807, 2.05) is 6.07 Å². The molecule has 0 bridgehead atoms. The van der Waals surface area contributed by atoms with Gasteiger partial charge >= 0.3 is 0 Å². The van der Waals surface area contributed by atoms with Crippen LogP contribution in [0.15, 0.2) is 22.7 Å². The van der Waals surface area contributed by atoms with E-state index in [4.69, 9.17) is 4.74 Å². The second kappa shape index (κ2) is 7.63. The largest absolute Gasteiger partial charge is 0.485 e. The SMILES string of the molecule is CC1(C)CC(CC(=O)COc2ccc(C(C)(C)C)cc2Br)CC(C)(C)N1. The molecule has 146 valence electrons. The van der Waals surface area contributed by atoms with Crippen molar-refractivity contribution in [3.05, 3.63) is 28.2 Å². The lowest BCUT2D eigenvalue weighted by Gasteiger charge is -2.46. The van der Waals surface area contributed by atoms with Crippen molar-refractivity contribution in [3.8, 4) is 5.75 Å².